The van der Waals surface area contributed by atoms with E-state index in [0.29, 0.717) is 5.69 Å². The lowest BCUT2D eigenvalue weighted by Crippen LogP contribution is -2.14. The van der Waals surface area contributed by atoms with Crippen LogP contribution in [0.2, 0.25) is 0 Å². The smallest absolute Gasteiger partial charge is 0.312 e. The number of methoxy groups -OCH3 is 1. The highest BCUT2D eigenvalue weighted by molar-refractivity contribution is 9.10. The molecule has 0 aliphatic rings. The number of benzene rings is 2. The van der Waals surface area contributed by atoms with Crippen LogP contribution in [-0.4, -0.2) is 17.9 Å². The molecule has 0 saturated carbocycles. The lowest BCUT2D eigenvalue weighted by atomic mass is 10.1. The summed E-state index contributed by atoms with van der Waals surface area (Å²) in [7, 11) is 1.34. The van der Waals surface area contributed by atoms with Gasteiger partial charge in [0.2, 0.25) is 0 Å². The number of hydrogen-bond acceptors (Lipinski definition) is 5. The van der Waals surface area contributed by atoms with E-state index < -0.39 is 10.8 Å². The number of hydrogen-bond donors (Lipinski definition) is 2. The standard InChI is InChI=1S/C14H12BrN3O4/c1-22-13-5-3-9(7-12(13)18(20)21)17-14(19)10-4-2-8(15)6-11(10)16/h2-7H,16H2,1H3,(H,17,19). The van der Waals surface area contributed by atoms with Crippen molar-refractivity contribution in [3.63, 3.8) is 0 Å². The number of rotatable bonds is 4. The van der Waals surface area contributed by atoms with Crippen molar-refractivity contribution >= 4 is 38.9 Å². The molecule has 2 aromatic rings. The lowest BCUT2D eigenvalue weighted by molar-refractivity contribution is -0.385. The first kappa shape index (κ1) is 15.8. The van der Waals surface area contributed by atoms with Crippen LogP contribution in [0.4, 0.5) is 17.1 Å². The van der Waals surface area contributed by atoms with Crippen LogP contribution in [0.3, 0.4) is 0 Å². The summed E-state index contributed by atoms with van der Waals surface area (Å²) in [5, 5.41) is 13.5. The van der Waals surface area contributed by atoms with Crippen molar-refractivity contribution in [3.8, 4) is 5.75 Å². The third-order valence-corrected chi connectivity index (χ3v) is 3.38. The van der Waals surface area contributed by atoms with Crippen LogP contribution < -0.4 is 15.8 Å². The number of nitro groups is 1. The van der Waals surface area contributed by atoms with Crippen molar-refractivity contribution in [1.29, 1.82) is 0 Å². The third-order valence-electron chi connectivity index (χ3n) is 2.89. The predicted molar refractivity (Wildman–Crippen MR) is 86.2 cm³/mol. The zero-order valence-electron chi connectivity index (χ0n) is 11.5. The highest BCUT2D eigenvalue weighted by Crippen LogP contribution is 2.30. The fourth-order valence-electron chi connectivity index (χ4n) is 1.85. The van der Waals surface area contributed by atoms with Crippen molar-refractivity contribution in [1.82, 2.24) is 0 Å². The second kappa shape index (κ2) is 6.44. The van der Waals surface area contributed by atoms with E-state index in [1.807, 2.05) is 0 Å². The zero-order valence-corrected chi connectivity index (χ0v) is 13.1. The summed E-state index contributed by atoms with van der Waals surface area (Å²) in [6.45, 7) is 0. The first-order valence-electron chi connectivity index (χ1n) is 6.11. The van der Waals surface area contributed by atoms with E-state index in [0.717, 1.165) is 4.47 Å². The lowest BCUT2D eigenvalue weighted by Gasteiger charge is -2.09. The minimum absolute atomic E-state index is 0.117. The van der Waals surface area contributed by atoms with Gasteiger partial charge in [0.1, 0.15) is 0 Å². The number of carbonyl (C=O) groups excluding carboxylic acids is 1. The van der Waals surface area contributed by atoms with Crippen molar-refractivity contribution < 1.29 is 14.5 Å². The molecule has 8 heteroatoms. The van der Waals surface area contributed by atoms with Crippen LogP contribution in [0.15, 0.2) is 40.9 Å². The Labute approximate surface area is 134 Å². The number of halogens is 1. The maximum atomic E-state index is 12.2. The van der Waals surface area contributed by atoms with Gasteiger partial charge in [-0.15, -0.1) is 0 Å². The Morgan fingerprint density at radius 1 is 1.32 bits per heavy atom. The molecule has 2 rings (SSSR count). The summed E-state index contributed by atoms with van der Waals surface area (Å²) in [6.07, 6.45) is 0. The second-order valence-corrected chi connectivity index (χ2v) is 5.25. The number of nitrogens with zero attached hydrogens (tertiary/aromatic N) is 1. The number of nitrogen functional groups attached to an aromatic ring is 1. The summed E-state index contributed by atoms with van der Waals surface area (Å²) in [6, 6.07) is 9.00. The van der Waals surface area contributed by atoms with Gasteiger partial charge >= 0.3 is 5.69 Å². The maximum Gasteiger partial charge on any atom is 0.312 e. The van der Waals surface area contributed by atoms with Gasteiger partial charge in [-0.3, -0.25) is 14.9 Å². The second-order valence-electron chi connectivity index (χ2n) is 4.33. The minimum atomic E-state index is -0.581. The molecule has 22 heavy (non-hydrogen) atoms. The largest absolute Gasteiger partial charge is 0.490 e. The Kier molecular flexibility index (Phi) is 4.62. The molecule has 0 unspecified atom stereocenters. The van der Waals surface area contributed by atoms with E-state index >= 15 is 0 Å². The molecule has 0 radical (unpaired) electrons. The van der Waals surface area contributed by atoms with Crippen molar-refractivity contribution in [2.45, 2.75) is 0 Å². The first-order valence-corrected chi connectivity index (χ1v) is 6.90. The average Bonchev–Trinajstić information content (AvgIpc) is 2.46. The molecule has 0 saturated heterocycles. The van der Waals surface area contributed by atoms with Gasteiger partial charge < -0.3 is 15.8 Å². The molecule has 0 bridgehead atoms. The number of anilines is 2. The van der Waals surface area contributed by atoms with Crippen LogP contribution in [0.5, 0.6) is 5.75 Å². The number of nitrogens with two attached hydrogens (primary N) is 1. The van der Waals surface area contributed by atoms with Crippen molar-refractivity contribution in [2.75, 3.05) is 18.2 Å². The molecule has 0 aromatic heterocycles. The van der Waals surface area contributed by atoms with Crippen LogP contribution in [0.25, 0.3) is 0 Å². The maximum absolute atomic E-state index is 12.2. The molecule has 0 spiro atoms. The number of nitro benzene ring substituents is 1. The topological polar surface area (TPSA) is 107 Å². The summed E-state index contributed by atoms with van der Waals surface area (Å²) < 4.78 is 5.66. The van der Waals surface area contributed by atoms with Crippen LogP contribution in [0, 0.1) is 10.1 Å². The van der Waals surface area contributed by atoms with Gasteiger partial charge in [-0.05, 0) is 30.3 Å². The van der Waals surface area contributed by atoms with Gasteiger partial charge in [0, 0.05) is 21.9 Å². The molecule has 0 aliphatic heterocycles. The van der Waals surface area contributed by atoms with Crippen LogP contribution in [0.1, 0.15) is 10.4 Å². The Morgan fingerprint density at radius 2 is 2.05 bits per heavy atom. The molecule has 0 aliphatic carbocycles. The Morgan fingerprint density at radius 3 is 2.64 bits per heavy atom. The van der Waals surface area contributed by atoms with E-state index in [1.54, 1.807) is 18.2 Å². The molecule has 7 nitrogen and oxygen atoms in total. The van der Waals surface area contributed by atoms with Gasteiger partial charge in [-0.1, -0.05) is 15.9 Å². The summed E-state index contributed by atoms with van der Waals surface area (Å²) in [5.74, 6) is -0.337. The number of ether oxygens (including phenoxy) is 1. The monoisotopic (exact) mass is 365 g/mol. The number of nitrogens with one attached hydrogen (secondary N) is 1. The average molecular weight is 366 g/mol. The van der Waals surface area contributed by atoms with Gasteiger partial charge in [0.05, 0.1) is 17.6 Å². The molecule has 0 heterocycles. The fourth-order valence-corrected chi connectivity index (χ4v) is 2.23. The van der Waals surface area contributed by atoms with E-state index in [9.17, 15) is 14.9 Å². The molecule has 2 aromatic carbocycles. The molecule has 114 valence electrons. The Balaban J connectivity index is 2.28. The SMILES string of the molecule is COc1ccc(NC(=O)c2ccc(Br)cc2N)cc1[N+](=O)[O-]. The first-order chi connectivity index (χ1) is 10.4. The van der Waals surface area contributed by atoms with E-state index in [4.69, 9.17) is 10.5 Å². The molecule has 1 amide bonds. The Bertz CT molecular complexity index is 749. The summed E-state index contributed by atoms with van der Waals surface area (Å²) in [5.41, 5.74) is 6.41. The minimum Gasteiger partial charge on any atom is -0.490 e. The molecular weight excluding hydrogens is 354 g/mol. The van der Waals surface area contributed by atoms with E-state index in [2.05, 4.69) is 21.2 Å². The molecule has 0 atom stereocenters. The van der Waals surface area contributed by atoms with Gasteiger partial charge in [-0.25, -0.2) is 0 Å². The summed E-state index contributed by atoms with van der Waals surface area (Å²) in [4.78, 5) is 22.6. The van der Waals surface area contributed by atoms with Crippen molar-refractivity contribution in [2.24, 2.45) is 0 Å². The summed E-state index contributed by atoms with van der Waals surface area (Å²) >= 11 is 3.25. The molecule has 0 fully saturated rings. The van der Waals surface area contributed by atoms with Crippen molar-refractivity contribution in [3.05, 3.63) is 56.5 Å². The molecular formula is C14H12BrN3O4. The molecule has 3 N–H and O–H groups in total. The predicted octanol–water partition coefficient (Wildman–Crippen LogP) is 3.20. The number of amides is 1. The zero-order chi connectivity index (χ0) is 16.3. The Hall–Kier alpha value is -2.61. The van der Waals surface area contributed by atoms with Gasteiger partial charge in [0.25, 0.3) is 5.91 Å². The van der Waals surface area contributed by atoms with Crippen LogP contribution >= 0.6 is 15.9 Å². The van der Waals surface area contributed by atoms with E-state index in [1.165, 1.54) is 25.3 Å². The van der Waals surface area contributed by atoms with Gasteiger partial charge in [-0.2, -0.15) is 0 Å². The van der Waals surface area contributed by atoms with Gasteiger partial charge in [0.15, 0.2) is 5.75 Å². The van der Waals surface area contributed by atoms with Crippen LogP contribution in [-0.2, 0) is 0 Å². The normalized spacial score (nSPS) is 10.1. The quantitative estimate of drug-likeness (QED) is 0.491. The highest BCUT2D eigenvalue weighted by Gasteiger charge is 2.17. The van der Waals surface area contributed by atoms with E-state index in [-0.39, 0.29) is 22.7 Å². The fraction of sp³-hybridized carbons (Fsp3) is 0.0714. The number of carbonyl (C=O) groups is 1. The highest BCUT2D eigenvalue weighted by atomic mass is 79.9. The third kappa shape index (κ3) is 3.34.